The van der Waals surface area contributed by atoms with Gasteiger partial charge in [0.05, 0.1) is 5.56 Å². The molecule has 1 aromatic carbocycles. The topological polar surface area (TPSA) is 12.0 Å². The van der Waals surface area contributed by atoms with E-state index in [1.807, 2.05) is 0 Å². The Labute approximate surface area is 124 Å². The Hall–Kier alpha value is -1.29. The van der Waals surface area contributed by atoms with E-state index < -0.39 is 11.7 Å². The lowest BCUT2D eigenvalue weighted by Gasteiger charge is -2.20. The maximum Gasteiger partial charge on any atom is 0.416 e. The number of benzene rings is 1. The molecule has 0 aliphatic heterocycles. The number of nitrogens with one attached hydrogen (secondary N) is 1. The first kappa shape index (κ1) is 16.1. The fourth-order valence-electron chi connectivity index (χ4n) is 2.73. The summed E-state index contributed by atoms with van der Waals surface area (Å²) in [6.45, 7) is 3.05. The molecule has 1 aliphatic rings. The normalized spacial score (nSPS) is 16.9. The van der Waals surface area contributed by atoms with Gasteiger partial charge in [-0.25, -0.2) is 0 Å². The van der Waals surface area contributed by atoms with E-state index in [9.17, 15) is 13.2 Å². The number of alkyl halides is 3. The number of rotatable bonds is 6. The van der Waals surface area contributed by atoms with Crippen molar-refractivity contribution in [3.05, 3.63) is 47.0 Å². The van der Waals surface area contributed by atoms with E-state index in [0.717, 1.165) is 37.8 Å². The standard InChI is InChI=1S/C17H22F3N/c1-2-11-21-16(14-5-3-4-6-14)12-13-7-9-15(10-8-13)17(18,19)20/h5,7-10,16,21H,2-4,6,11-12H2,1H3. The lowest BCUT2D eigenvalue weighted by molar-refractivity contribution is -0.137. The van der Waals surface area contributed by atoms with Gasteiger partial charge < -0.3 is 5.32 Å². The summed E-state index contributed by atoms with van der Waals surface area (Å²) in [5.74, 6) is 0. The summed E-state index contributed by atoms with van der Waals surface area (Å²) in [4.78, 5) is 0. The Bertz CT molecular complexity index is 474. The number of hydrogen-bond acceptors (Lipinski definition) is 1. The fourth-order valence-corrected chi connectivity index (χ4v) is 2.73. The molecule has 0 fully saturated rings. The van der Waals surface area contributed by atoms with Gasteiger partial charge in [-0.15, -0.1) is 0 Å². The molecule has 2 rings (SSSR count). The molecule has 4 heteroatoms. The largest absolute Gasteiger partial charge is 0.416 e. The van der Waals surface area contributed by atoms with Crippen LogP contribution in [-0.4, -0.2) is 12.6 Å². The second-order valence-electron chi connectivity index (χ2n) is 5.58. The van der Waals surface area contributed by atoms with Crippen molar-refractivity contribution in [1.82, 2.24) is 5.32 Å². The van der Waals surface area contributed by atoms with Crippen molar-refractivity contribution in [3.8, 4) is 0 Å². The Morgan fingerprint density at radius 1 is 1.19 bits per heavy atom. The maximum atomic E-state index is 12.6. The van der Waals surface area contributed by atoms with Crippen molar-refractivity contribution in [2.75, 3.05) is 6.54 Å². The quantitative estimate of drug-likeness (QED) is 0.749. The van der Waals surface area contributed by atoms with Gasteiger partial charge in [0, 0.05) is 6.04 Å². The predicted octanol–water partition coefficient (Wildman–Crippen LogP) is 4.73. The lowest BCUT2D eigenvalue weighted by Crippen LogP contribution is -2.33. The Kier molecular flexibility index (Phi) is 5.45. The van der Waals surface area contributed by atoms with Crippen LogP contribution in [0.15, 0.2) is 35.9 Å². The molecule has 0 heterocycles. The molecule has 0 radical (unpaired) electrons. The molecular weight excluding hydrogens is 275 g/mol. The zero-order valence-electron chi connectivity index (χ0n) is 12.3. The van der Waals surface area contributed by atoms with Crippen molar-refractivity contribution >= 4 is 0 Å². The van der Waals surface area contributed by atoms with E-state index in [0.29, 0.717) is 0 Å². The third-order valence-electron chi connectivity index (χ3n) is 3.89. The third-order valence-corrected chi connectivity index (χ3v) is 3.89. The molecular formula is C17H22F3N. The van der Waals surface area contributed by atoms with Crippen LogP contribution in [0.2, 0.25) is 0 Å². The zero-order valence-corrected chi connectivity index (χ0v) is 12.3. The molecule has 1 aromatic rings. The Morgan fingerprint density at radius 3 is 2.43 bits per heavy atom. The highest BCUT2D eigenvalue weighted by Gasteiger charge is 2.30. The average Bonchev–Trinajstić information content (AvgIpc) is 2.97. The van der Waals surface area contributed by atoms with Crippen molar-refractivity contribution in [2.24, 2.45) is 0 Å². The third kappa shape index (κ3) is 4.60. The molecule has 0 saturated carbocycles. The summed E-state index contributed by atoms with van der Waals surface area (Å²) in [5, 5.41) is 3.51. The van der Waals surface area contributed by atoms with Gasteiger partial charge in [0.1, 0.15) is 0 Å². The highest BCUT2D eigenvalue weighted by molar-refractivity contribution is 5.27. The summed E-state index contributed by atoms with van der Waals surface area (Å²) in [5.41, 5.74) is 1.78. The van der Waals surface area contributed by atoms with Crippen LogP contribution in [0.3, 0.4) is 0 Å². The van der Waals surface area contributed by atoms with Gasteiger partial charge in [-0.05, 0) is 56.3 Å². The maximum absolute atomic E-state index is 12.6. The molecule has 1 atom stereocenters. The van der Waals surface area contributed by atoms with Gasteiger partial charge in [-0.1, -0.05) is 30.7 Å². The second-order valence-corrected chi connectivity index (χ2v) is 5.58. The number of allylic oxidation sites excluding steroid dienone is 1. The number of hydrogen-bond donors (Lipinski definition) is 1. The van der Waals surface area contributed by atoms with Gasteiger partial charge in [-0.2, -0.15) is 13.2 Å². The summed E-state index contributed by atoms with van der Waals surface area (Å²) in [7, 11) is 0. The minimum absolute atomic E-state index is 0.254. The van der Waals surface area contributed by atoms with Crippen LogP contribution >= 0.6 is 0 Å². The molecule has 0 saturated heterocycles. The molecule has 0 amide bonds. The van der Waals surface area contributed by atoms with E-state index in [2.05, 4.69) is 18.3 Å². The molecule has 116 valence electrons. The van der Waals surface area contributed by atoms with E-state index in [1.165, 1.54) is 24.1 Å². The van der Waals surface area contributed by atoms with Crippen LogP contribution in [-0.2, 0) is 12.6 Å². The SMILES string of the molecule is CCCNC(Cc1ccc(C(F)(F)F)cc1)C1=CCCC1. The zero-order chi connectivity index (χ0) is 15.3. The molecule has 1 N–H and O–H groups in total. The first-order valence-corrected chi connectivity index (χ1v) is 7.59. The van der Waals surface area contributed by atoms with Gasteiger partial charge in [0.15, 0.2) is 0 Å². The first-order valence-electron chi connectivity index (χ1n) is 7.59. The monoisotopic (exact) mass is 297 g/mol. The van der Waals surface area contributed by atoms with Gasteiger partial charge >= 0.3 is 6.18 Å². The molecule has 1 aliphatic carbocycles. The van der Waals surface area contributed by atoms with Crippen LogP contribution in [0.1, 0.15) is 43.7 Å². The van der Waals surface area contributed by atoms with E-state index in [1.54, 1.807) is 12.1 Å². The molecule has 0 spiro atoms. The van der Waals surface area contributed by atoms with Crippen molar-refractivity contribution < 1.29 is 13.2 Å². The van der Waals surface area contributed by atoms with Crippen molar-refractivity contribution in [3.63, 3.8) is 0 Å². The average molecular weight is 297 g/mol. The minimum atomic E-state index is -4.26. The van der Waals surface area contributed by atoms with Gasteiger partial charge in [0.25, 0.3) is 0 Å². The summed E-state index contributed by atoms with van der Waals surface area (Å²) >= 11 is 0. The Morgan fingerprint density at radius 2 is 1.90 bits per heavy atom. The summed E-state index contributed by atoms with van der Waals surface area (Å²) < 4.78 is 37.7. The van der Waals surface area contributed by atoms with Crippen LogP contribution in [0, 0.1) is 0 Å². The summed E-state index contributed by atoms with van der Waals surface area (Å²) in [6.07, 6.45) is 3.23. The Balaban J connectivity index is 2.05. The predicted molar refractivity (Wildman–Crippen MR) is 79.2 cm³/mol. The van der Waals surface area contributed by atoms with Crippen LogP contribution in [0.4, 0.5) is 13.2 Å². The molecule has 0 bridgehead atoms. The van der Waals surface area contributed by atoms with Crippen LogP contribution in [0.5, 0.6) is 0 Å². The smallest absolute Gasteiger partial charge is 0.310 e. The molecule has 21 heavy (non-hydrogen) atoms. The van der Waals surface area contributed by atoms with Crippen molar-refractivity contribution in [1.29, 1.82) is 0 Å². The fraction of sp³-hybridized carbons (Fsp3) is 0.529. The van der Waals surface area contributed by atoms with E-state index in [4.69, 9.17) is 0 Å². The van der Waals surface area contributed by atoms with Gasteiger partial charge in [-0.3, -0.25) is 0 Å². The van der Waals surface area contributed by atoms with E-state index in [-0.39, 0.29) is 6.04 Å². The molecule has 0 aromatic heterocycles. The highest BCUT2D eigenvalue weighted by Crippen LogP contribution is 2.29. The molecule has 1 nitrogen and oxygen atoms in total. The van der Waals surface area contributed by atoms with Crippen LogP contribution < -0.4 is 5.32 Å². The lowest BCUT2D eigenvalue weighted by atomic mass is 9.97. The van der Waals surface area contributed by atoms with Crippen molar-refractivity contribution in [2.45, 2.75) is 51.2 Å². The molecule has 1 unspecified atom stereocenters. The summed E-state index contributed by atoms with van der Waals surface area (Å²) in [6, 6.07) is 5.80. The first-order chi connectivity index (χ1) is 10.0. The van der Waals surface area contributed by atoms with Crippen LogP contribution in [0.25, 0.3) is 0 Å². The minimum Gasteiger partial charge on any atom is -0.310 e. The highest BCUT2D eigenvalue weighted by atomic mass is 19.4. The van der Waals surface area contributed by atoms with E-state index >= 15 is 0 Å². The van der Waals surface area contributed by atoms with Gasteiger partial charge in [0.2, 0.25) is 0 Å². The number of halogens is 3. The second kappa shape index (κ2) is 7.12.